The maximum Gasteiger partial charge on any atom is 0.231 e. The van der Waals surface area contributed by atoms with Crippen LogP contribution in [0.5, 0.6) is 0 Å². The van der Waals surface area contributed by atoms with Gasteiger partial charge in [-0.2, -0.15) is 0 Å². The number of amides is 1. The molecule has 0 aromatic heterocycles. The summed E-state index contributed by atoms with van der Waals surface area (Å²) in [6.45, 7) is 11.9. The zero-order chi connectivity index (χ0) is 20.5. The smallest absolute Gasteiger partial charge is 0.231 e. The minimum Gasteiger partial charge on any atom is -0.377 e. The number of nitrogens with zero attached hydrogens (tertiary/aromatic N) is 1. The number of carbonyl (C=O) groups is 2. The highest BCUT2D eigenvalue weighted by Gasteiger charge is 2.59. The predicted molar refractivity (Wildman–Crippen MR) is 111 cm³/mol. The normalized spacial score (nSPS) is 43.0. The molecule has 0 spiro atoms. The van der Waals surface area contributed by atoms with Crippen molar-refractivity contribution in [1.82, 2.24) is 10.2 Å². The van der Waals surface area contributed by atoms with Gasteiger partial charge in [-0.1, -0.05) is 20.3 Å². The Kier molecular flexibility index (Phi) is 4.52. The first-order chi connectivity index (χ1) is 12.9. The van der Waals surface area contributed by atoms with E-state index in [0.29, 0.717) is 23.7 Å². The number of allylic oxidation sites excluding steroid dienone is 2. The standard InChI is InChI=1S/C24H38N2O2/c1-22(2,3)25-21(28)15-13-24(5)18-9-11-23(4)10-7-8-17(23)16(18)14-26(6)20(24)12-19(15)27/h12,15-18H,7-11,13-14H2,1-6H3,(H,25,28)/t15?,16-,17-,18-,23-,24+/m0/s1. The molecule has 1 amide bonds. The van der Waals surface area contributed by atoms with E-state index in [1.54, 1.807) is 0 Å². The van der Waals surface area contributed by atoms with Crippen molar-refractivity contribution in [2.45, 2.75) is 78.7 Å². The molecule has 1 aliphatic heterocycles. The van der Waals surface area contributed by atoms with Crippen LogP contribution >= 0.6 is 0 Å². The number of rotatable bonds is 1. The molecule has 2 saturated carbocycles. The molecule has 3 aliphatic carbocycles. The van der Waals surface area contributed by atoms with Gasteiger partial charge in [0.15, 0.2) is 5.78 Å². The monoisotopic (exact) mass is 386 g/mol. The molecule has 1 saturated heterocycles. The molecule has 0 aromatic rings. The number of hydrogen-bond donors (Lipinski definition) is 1. The molecule has 1 unspecified atom stereocenters. The Morgan fingerprint density at radius 3 is 2.57 bits per heavy atom. The molecule has 156 valence electrons. The van der Waals surface area contributed by atoms with Crippen molar-refractivity contribution in [3.05, 3.63) is 11.8 Å². The topological polar surface area (TPSA) is 49.4 Å². The van der Waals surface area contributed by atoms with Crippen molar-refractivity contribution in [1.29, 1.82) is 0 Å². The highest BCUT2D eigenvalue weighted by molar-refractivity contribution is 6.08. The zero-order valence-electron chi connectivity index (χ0n) is 18.6. The van der Waals surface area contributed by atoms with Crippen LogP contribution < -0.4 is 5.32 Å². The molecule has 4 heteroatoms. The summed E-state index contributed by atoms with van der Waals surface area (Å²) in [6, 6.07) is 0. The average Bonchev–Trinajstić information content (AvgIpc) is 2.96. The van der Waals surface area contributed by atoms with Crippen LogP contribution in [0.1, 0.15) is 73.1 Å². The van der Waals surface area contributed by atoms with E-state index in [2.05, 4.69) is 31.1 Å². The van der Waals surface area contributed by atoms with E-state index in [1.165, 1.54) is 37.8 Å². The highest BCUT2D eigenvalue weighted by atomic mass is 16.2. The molecule has 3 fully saturated rings. The molecule has 4 nitrogen and oxygen atoms in total. The summed E-state index contributed by atoms with van der Waals surface area (Å²) in [4.78, 5) is 28.2. The molecule has 28 heavy (non-hydrogen) atoms. The van der Waals surface area contributed by atoms with Crippen molar-refractivity contribution >= 4 is 11.7 Å². The number of fused-ring (bicyclic) bond motifs is 5. The molecule has 1 heterocycles. The molecule has 0 aromatic carbocycles. The summed E-state index contributed by atoms with van der Waals surface area (Å²) in [5.41, 5.74) is 1.30. The summed E-state index contributed by atoms with van der Waals surface area (Å²) in [7, 11) is 2.16. The van der Waals surface area contributed by atoms with Gasteiger partial charge in [-0.25, -0.2) is 0 Å². The lowest BCUT2D eigenvalue weighted by Gasteiger charge is -2.60. The number of hydrogen-bond acceptors (Lipinski definition) is 3. The first-order valence-corrected chi connectivity index (χ1v) is 11.2. The largest absolute Gasteiger partial charge is 0.377 e. The van der Waals surface area contributed by atoms with Crippen LogP contribution in [0, 0.1) is 34.5 Å². The van der Waals surface area contributed by atoms with Gasteiger partial charge >= 0.3 is 0 Å². The fraction of sp³-hybridized carbons (Fsp3) is 0.833. The lowest BCUT2D eigenvalue weighted by atomic mass is 9.50. The van der Waals surface area contributed by atoms with E-state index in [4.69, 9.17) is 0 Å². The SMILES string of the molecule is CN1C[C@H]2[C@@H]3CCC[C@@]3(C)CC[C@@H]2[C@@]2(C)CC(C(=O)NC(C)(C)C)C(=O)C=C12. The fourth-order valence-corrected chi connectivity index (χ4v) is 7.34. The number of piperidine rings is 1. The van der Waals surface area contributed by atoms with Crippen molar-refractivity contribution in [3.8, 4) is 0 Å². The molecule has 6 atom stereocenters. The molecule has 0 radical (unpaired) electrons. The van der Waals surface area contributed by atoms with Crippen LogP contribution in [-0.4, -0.2) is 35.7 Å². The molecular formula is C24H38N2O2. The lowest BCUT2D eigenvalue weighted by molar-refractivity contribution is -0.138. The summed E-state index contributed by atoms with van der Waals surface area (Å²) >= 11 is 0. The van der Waals surface area contributed by atoms with Crippen molar-refractivity contribution < 1.29 is 9.59 Å². The van der Waals surface area contributed by atoms with Gasteiger partial charge in [0.05, 0.1) is 0 Å². The third-order valence-corrected chi connectivity index (χ3v) is 8.58. The second-order valence-electron chi connectivity index (χ2n) is 11.7. The predicted octanol–water partition coefficient (Wildman–Crippen LogP) is 4.16. The second-order valence-corrected chi connectivity index (χ2v) is 11.7. The van der Waals surface area contributed by atoms with Crippen LogP contribution in [-0.2, 0) is 9.59 Å². The summed E-state index contributed by atoms with van der Waals surface area (Å²) < 4.78 is 0. The first kappa shape index (κ1) is 20.0. The van der Waals surface area contributed by atoms with E-state index in [1.807, 2.05) is 26.8 Å². The van der Waals surface area contributed by atoms with E-state index >= 15 is 0 Å². The Labute approximate surface area is 170 Å². The average molecular weight is 387 g/mol. The Morgan fingerprint density at radius 2 is 1.89 bits per heavy atom. The summed E-state index contributed by atoms with van der Waals surface area (Å²) in [5.74, 6) is 1.42. The summed E-state index contributed by atoms with van der Waals surface area (Å²) in [5, 5.41) is 3.06. The number of likely N-dealkylation sites (tertiary alicyclic amines) is 1. The van der Waals surface area contributed by atoms with Gasteiger partial charge in [0, 0.05) is 36.3 Å². The fourth-order valence-electron chi connectivity index (χ4n) is 7.34. The van der Waals surface area contributed by atoms with Crippen LogP contribution in [0.2, 0.25) is 0 Å². The van der Waals surface area contributed by atoms with Gasteiger partial charge in [-0.15, -0.1) is 0 Å². The van der Waals surface area contributed by atoms with Crippen molar-refractivity contribution in [3.63, 3.8) is 0 Å². The summed E-state index contributed by atoms with van der Waals surface area (Å²) in [6.07, 6.45) is 9.11. The second kappa shape index (κ2) is 6.34. The van der Waals surface area contributed by atoms with Gasteiger partial charge in [-0.05, 0) is 76.0 Å². The van der Waals surface area contributed by atoms with Crippen LogP contribution in [0.3, 0.4) is 0 Å². The van der Waals surface area contributed by atoms with Gasteiger partial charge in [-0.3, -0.25) is 9.59 Å². The number of ketones is 1. The van der Waals surface area contributed by atoms with Crippen molar-refractivity contribution in [2.75, 3.05) is 13.6 Å². The first-order valence-electron chi connectivity index (χ1n) is 11.2. The Balaban J connectivity index is 1.67. The van der Waals surface area contributed by atoms with E-state index in [9.17, 15) is 9.59 Å². The maximum absolute atomic E-state index is 12.9. The van der Waals surface area contributed by atoms with Gasteiger partial charge in [0.25, 0.3) is 0 Å². The Hall–Kier alpha value is -1.32. The highest BCUT2D eigenvalue weighted by Crippen LogP contribution is 2.64. The molecule has 4 aliphatic rings. The third-order valence-electron chi connectivity index (χ3n) is 8.58. The zero-order valence-corrected chi connectivity index (χ0v) is 18.6. The Morgan fingerprint density at radius 1 is 1.18 bits per heavy atom. The lowest BCUT2D eigenvalue weighted by Crippen LogP contribution is -2.58. The minimum absolute atomic E-state index is 0.0129. The van der Waals surface area contributed by atoms with Gasteiger partial charge < -0.3 is 10.2 Å². The molecular weight excluding hydrogens is 348 g/mol. The number of carbonyl (C=O) groups excluding carboxylic acids is 2. The minimum atomic E-state index is -0.544. The molecule has 1 N–H and O–H groups in total. The van der Waals surface area contributed by atoms with E-state index < -0.39 is 5.92 Å². The van der Waals surface area contributed by atoms with Crippen molar-refractivity contribution in [2.24, 2.45) is 34.5 Å². The van der Waals surface area contributed by atoms with Crippen LogP contribution in [0.4, 0.5) is 0 Å². The van der Waals surface area contributed by atoms with E-state index in [0.717, 1.165) is 12.5 Å². The van der Waals surface area contributed by atoms with E-state index in [-0.39, 0.29) is 22.6 Å². The number of nitrogens with one attached hydrogen (secondary N) is 1. The maximum atomic E-state index is 12.9. The quantitative estimate of drug-likeness (QED) is 0.689. The third kappa shape index (κ3) is 3.02. The molecule has 0 bridgehead atoms. The van der Waals surface area contributed by atoms with Gasteiger partial charge in [0.2, 0.25) is 5.91 Å². The van der Waals surface area contributed by atoms with Gasteiger partial charge in [0.1, 0.15) is 5.92 Å². The van der Waals surface area contributed by atoms with Crippen LogP contribution in [0.15, 0.2) is 11.8 Å². The Bertz CT molecular complexity index is 721. The van der Waals surface area contributed by atoms with Crippen LogP contribution in [0.25, 0.3) is 0 Å². The molecule has 4 rings (SSSR count).